The van der Waals surface area contributed by atoms with Crippen LogP contribution in [0.3, 0.4) is 0 Å². The van der Waals surface area contributed by atoms with Crippen molar-refractivity contribution in [1.29, 1.82) is 0 Å². The molecule has 2 aromatic carbocycles. The normalized spacial score (nSPS) is 13.1. The third-order valence-electron chi connectivity index (χ3n) is 5.28. The zero-order valence-corrected chi connectivity index (χ0v) is 21.8. The molecule has 8 nitrogen and oxygen atoms in total. The van der Waals surface area contributed by atoms with E-state index in [9.17, 15) is 13.2 Å². The van der Waals surface area contributed by atoms with Crippen LogP contribution in [0.1, 0.15) is 38.1 Å². The summed E-state index contributed by atoms with van der Waals surface area (Å²) in [6.45, 7) is 9.06. The van der Waals surface area contributed by atoms with Gasteiger partial charge in [-0.3, -0.25) is 10.1 Å². The molecule has 186 valence electrons. The highest BCUT2D eigenvalue weighted by molar-refractivity contribution is 7.89. The first-order valence-electron chi connectivity index (χ1n) is 11.4. The number of benzene rings is 2. The molecule has 0 saturated carbocycles. The van der Waals surface area contributed by atoms with Crippen LogP contribution in [0, 0.1) is 11.8 Å². The first-order chi connectivity index (χ1) is 16.6. The molecule has 4 rings (SSSR count). The van der Waals surface area contributed by atoms with Crippen LogP contribution in [-0.4, -0.2) is 43.5 Å². The average molecular weight is 516 g/mol. The van der Waals surface area contributed by atoms with E-state index in [1.54, 1.807) is 0 Å². The molecular weight excluding hydrogens is 486 g/mol. The van der Waals surface area contributed by atoms with Crippen molar-refractivity contribution in [3.63, 3.8) is 0 Å². The molecule has 0 atom stereocenters. The molecule has 1 amide bonds. The summed E-state index contributed by atoms with van der Waals surface area (Å²) in [5.41, 5.74) is 1.91. The number of nitrogens with one attached hydrogen (secondary N) is 1. The number of hydrogen-bond acceptors (Lipinski definition) is 7. The maximum Gasteiger partial charge on any atom is 0.257 e. The largest absolute Gasteiger partial charge is 0.454 e. The second kappa shape index (κ2) is 10.3. The van der Waals surface area contributed by atoms with Crippen LogP contribution in [0.4, 0.5) is 5.13 Å². The molecule has 10 heteroatoms. The molecule has 0 saturated heterocycles. The number of fused-ring (bicyclic) bond motifs is 1. The molecule has 1 aliphatic rings. The smallest absolute Gasteiger partial charge is 0.257 e. The third kappa shape index (κ3) is 5.83. The highest BCUT2D eigenvalue weighted by Crippen LogP contribution is 2.36. The maximum atomic E-state index is 13.2. The second-order valence-corrected chi connectivity index (χ2v) is 12.0. The number of ether oxygens (including phenoxy) is 2. The molecule has 1 N–H and O–H groups in total. The van der Waals surface area contributed by atoms with E-state index in [0.717, 1.165) is 5.56 Å². The van der Waals surface area contributed by atoms with Crippen molar-refractivity contribution >= 4 is 32.4 Å². The summed E-state index contributed by atoms with van der Waals surface area (Å²) in [5.74, 6) is 1.40. The summed E-state index contributed by atoms with van der Waals surface area (Å²) in [6.07, 6.45) is 0. The molecule has 1 aliphatic heterocycles. The molecule has 0 bridgehead atoms. The van der Waals surface area contributed by atoms with Crippen molar-refractivity contribution < 1.29 is 22.7 Å². The Morgan fingerprint density at radius 2 is 1.69 bits per heavy atom. The van der Waals surface area contributed by atoms with Crippen molar-refractivity contribution in [3.8, 4) is 22.8 Å². The van der Waals surface area contributed by atoms with Crippen LogP contribution in [0.5, 0.6) is 11.5 Å². The highest BCUT2D eigenvalue weighted by atomic mass is 32.2. The lowest BCUT2D eigenvalue weighted by molar-refractivity contribution is 0.102. The average Bonchev–Trinajstić information content (AvgIpc) is 3.47. The van der Waals surface area contributed by atoms with Crippen molar-refractivity contribution in [3.05, 3.63) is 53.4 Å². The Morgan fingerprint density at radius 1 is 1.03 bits per heavy atom. The van der Waals surface area contributed by atoms with Crippen LogP contribution in [-0.2, 0) is 10.0 Å². The van der Waals surface area contributed by atoms with E-state index in [1.165, 1.54) is 39.9 Å². The molecule has 1 aromatic heterocycles. The first-order valence-corrected chi connectivity index (χ1v) is 13.7. The van der Waals surface area contributed by atoms with Gasteiger partial charge in [-0.25, -0.2) is 13.4 Å². The van der Waals surface area contributed by atoms with Crippen LogP contribution in [0.25, 0.3) is 11.3 Å². The number of anilines is 1. The molecule has 0 fully saturated rings. The van der Waals surface area contributed by atoms with Gasteiger partial charge in [-0.1, -0.05) is 27.7 Å². The van der Waals surface area contributed by atoms with Crippen molar-refractivity contribution in [2.75, 3.05) is 25.2 Å². The summed E-state index contributed by atoms with van der Waals surface area (Å²) >= 11 is 1.31. The second-order valence-electron chi connectivity index (χ2n) is 9.19. The van der Waals surface area contributed by atoms with E-state index in [4.69, 9.17) is 9.47 Å². The van der Waals surface area contributed by atoms with Crippen LogP contribution in [0.2, 0.25) is 0 Å². The summed E-state index contributed by atoms with van der Waals surface area (Å²) in [4.78, 5) is 17.4. The summed E-state index contributed by atoms with van der Waals surface area (Å²) in [7, 11) is -3.65. The fourth-order valence-corrected chi connectivity index (χ4v) is 6.18. The minimum absolute atomic E-state index is 0.176. The maximum absolute atomic E-state index is 13.2. The summed E-state index contributed by atoms with van der Waals surface area (Å²) in [5, 5.41) is 5.08. The van der Waals surface area contributed by atoms with E-state index in [1.807, 2.05) is 51.3 Å². The Bertz CT molecular complexity index is 1290. The molecule has 0 aliphatic carbocycles. The topological polar surface area (TPSA) is 97.8 Å². The minimum atomic E-state index is -3.65. The Hall–Kier alpha value is -2.95. The van der Waals surface area contributed by atoms with E-state index in [2.05, 4.69) is 10.3 Å². The standard InChI is InChI=1S/C25H29N3O5S2/c1-16(2)12-28(13-17(3)4)35(30,31)20-8-5-18(6-9-20)24(29)27-25-26-21(14-34-25)19-7-10-22-23(11-19)33-15-32-22/h5-11,14,16-17H,12-13,15H2,1-4H3,(H,26,27,29). The van der Waals surface area contributed by atoms with Gasteiger partial charge >= 0.3 is 0 Å². The van der Waals surface area contributed by atoms with Gasteiger partial charge in [0.1, 0.15) is 0 Å². The zero-order valence-electron chi connectivity index (χ0n) is 20.1. The lowest BCUT2D eigenvalue weighted by Crippen LogP contribution is -2.37. The number of hydrogen-bond donors (Lipinski definition) is 1. The fraction of sp³-hybridized carbons (Fsp3) is 0.360. The monoisotopic (exact) mass is 515 g/mol. The van der Waals surface area contributed by atoms with Gasteiger partial charge in [0.15, 0.2) is 16.6 Å². The Labute approximate surface area is 210 Å². The highest BCUT2D eigenvalue weighted by Gasteiger charge is 2.26. The predicted molar refractivity (Wildman–Crippen MR) is 137 cm³/mol. The summed E-state index contributed by atoms with van der Waals surface area (Å²) < 4.78 is 38.6. The van der Waals surface area contributed by atoms with Crippen LogP contribution >= 0.6 is 11.3 Å². The van der Waals surface area contributed by atoms with Gasteiger partial charge < -0.3 is 9.47 Å². The Balaban J connectivity index is 1.46. The molecule has 0 spiro atoms. The third-order valence-corrected chi connectivity index (χ3v) is 7.89. The number of thiazole rings is 1. The van der Waals surface area contributed by atoms with Gasteiger partial charge in [0.2, 0.25) is 16.8 Å². The van der Waals surface area contributed by atoms with Gasteiger partial charge in [0.05, 0.1) is 10.6 Å². The molecule has 35 heavy (non-hydrogen) atoms. The van der Waals surface area contributed by atoms with Gasteiger partial charge in [-0.2, -0.15) is 4.31 Å². The van der Waals surface area contributed by atoms with Gasteiger partial charge in [-0.15, -0.1) is 11.3 Å². The summed E-state index contributed by atoms with van der Waals surface area (Å²) in [6, 6.07) is 11.6. The van der Waals surface area contributed by atoms with Crippen molar-refractivity contribution in [1.82, 2.24) is 9.29 Å². The zero-order chi connectivity index (χ0) is 25.2. The number of nitrogens with zero attached hydrogens (tertiary/aromatic N) is 2. The van der Waals surface area contributed by atoms with E-state index < -0.39 is 10.0 Å². The number of sulfonamides is 1. The van der Waals surface area contributed by atoms with Crippen molar-refractivity contribution in [2.24, 2.45) is 11.8 Å². The number of aromatic nitrogens is 1. The lowest BCUT2D eigenvalue weighted by Gasteiger charge is -2.25. The number of carbonyl (C=O) groups excluding carboxylic acids is 1. The Kier molecular flexibility index (Phi) is 7.44. The molecule has 3 aromatic rings. The van der Waals surface area contributed by atoms with Crippen LogP contribution in [0.15, 0.2) is 52.7 Å². The van der Waals surface area contributed by atoms with Crippen LogP contribution < -0.4 is 14.8 Å². The van der Waals surface area contributed by atoms with Gasteiger partial charge in [0.25, 0.3) is 5.91 Å². The molecular formula is C25H29N3O5S2. The SMILES string of the molecule is CC(C)CN(CC(C)C)S(=O)(=O)c1ccc(C(=O)Nc2nc(-c3ccc4c(c3)OCO4)cs2)cc1. The lowest BCUT2D eigenvalue weighted by atomic mass is 10.1. The minimum Gasteiger partial charge on any atom is -0.454 e. The number of rotatable bonds is 9. The van der Waals surface area contributed by atoms with E-state index in [-0.39, 0.29) is 29.4 Å². The fourth-order valence-electron chi connectivity index (χ4n) is 3.70. The van der Waals surface area contributed by atoms with E-state index >= 15 is 0 Å². The number of carbonyl (C=O) groups is 1. The molecule has 0 unspecified atom stereocenters. The Morgan fingerprint density at radius 3 is 2.34 bits per heavy atom. The first kappa shape index (κ1) is 25.2. The molecule has 0 radical (unpaired) electrons. The van der Waals surface area contributed by atoms with Crippen molar-refractivity contribution in [2.45, 2.75) is 32.6 Å². The van der Waals surface area contributed by atoms with E-state index in [0.29, 0.717) is 41.0 Å². The van der Waals surface area contributed by atoms with Gasteiger partial charge in [-0.05, 0) is 54.3 Å². The van der Waals surface area contributed by atoms with Gasteiger partial charge in [0, 0.05) is 29.6 Å². The predicted octanol–water partition coefficient (Wildman–Crippen LogP) is 5.09. The number of amides is 1. The molecule has 2 heterocycles. The quantitative estimate of drug-likeness (QED) is 0.426.